The summed E-state index contributed by atoms with van der Waals surface area (Å²) >= 11 is 2.04. The van der Waals surface area contributed by atoms with Crippen molar-refractivity contribution in [2.24, 2.45) is 5.73 Å². The van der Waals surface area contributed by atoms with Gasteiger partial charge in [-0.25, -0.2) is 0 Å². The van der Waals surface area contributed by atoms with E-state index in [9.17, 15) is 0 Å². The topological polar surface area (TPSA) is 44.5 Å². The van der Waals surface area contributed by atoms with Crippen molar-refractivity contribution in [3.8, 4) is 5.75 Å². The van der Waals surface area contributed by atoms with Gasteiger partial charge in [0.1, 0.15) is 11.9 Å². The number of nitrogens with two attached hydrogens (primary N) is 1. The van der Waals surface area contributed by atoms with Crippen LogP contribution in [0, 0.1) is 0 Å². The van der Waals surface area contributed by atoms with Gasteiger partial charge in [-0.05, 0) is 49.0 Å². The van der Waals surface area contributed by atoms with E-state index in [1.54, 1.807) is 0 Å². The van der Waals surface area contributed by atoms with Gasteiger partial charge < -0.3 is 15.2 Å². The van der Waals surface area contributed by atoms with Gasteiger partial charge in [0.15, 0.2) is 0 Å². The number of rotatable bonds is 3. The van der Waals surface area contributed by atoms with Crippen molar-refractivity contribution < 1.29 is 9.47 Å². The number of thioether (sulfide) groups is 1. The van der Waals surface area contributed by atoms with E-state index >= 15 is 0 Å². The summed E-state index contributed by atoms with van der Waals surface area (Å²) in [5.41, 5.74) is 7.11. The molecule has 4 heteroatoms. The fraction of sp³-hybridized carbons (Fsp3) is 0.647. The molecular weight excluding hydrogens is 282 g/mol. The average molecular weight is 307 g/mol. The van der Waals surface area contributed by atoms with Crippen LogP contribution >= 0.6 is 11.8 Å². The second kappa shape index (κ2) is 6.59. The molecule has 2 aliphatic heterocycles. The number of benzene rings is 1. The molecule has 2 saturated heterocycles. The molecule has 3 rings (SSSR count). The molecule has 2 atom stereocenters. The van der Waals surface area contributed by atoms with Crippen LogP contribution < -0.4 is 10.5 Å². The van der Waals surface area contributed by atoms with E-state index in [4.69, 9.17) is 15.2 Å². The van der Waals surface area contributed by atoms with E-state index in [1.807, 2.05) is 30.8 Å². The molecule has 3 nitrogen and oxygen atoms in total. The van der Waals surface area contributed by atoms with E-state index in [-0.39, 0.29) is 17.7 Å². The highest BCUT2D eigenvalue weighted by Gasteiger charge is 2.39. The Balaban J connectivity index is 1.61. The van der Waals surface area contributed by atoms with Gasteiger partial charge in [-0.3, -0.25) is 0 Å². The summed E-state index contributed by atoms with van der Waals surface area (Å²) in [6, 6.07) is 8.28. The lowest BCUT2D eigenvalue weighted by atomic mass is 9.86. The zero-order valence-corrected chi connectivity index (χ0v) is 13.5. The van der Waals surface area contributed by atoms with Crippen LogP contribution in [-0.4, -0.2) is 29.8 Å². The smallest absolute Gasteiger partial charge is 0.119 e. The van der Waals surface area contributed by atoms with Crippen LogP contribution in [0.1, 0.15) is 44.2 Å². The van der Waals surface area contributed by atoms with E-state index in [0.717, 1.165) is 30.8 Å². The first-order valence-electron chi connectivity index (χ1n) is 7.91. The highest BCUT2D eigenvalue weighted by atomic mass is 32.2. The van der Waals surface area contributed by atoms with Gasteiger partial charge >= 0.3 is 0 Å². The minimum atomic E-state index is 0.0742. The van der Waals surface area contributed by atoms with Crippen LogP contribution in [0.2, 0.25) is 0 Å². The van der Waals surface area contributed by atoms with Crippen LogP contribution in [0.3, 0.4) is 0 Å². The summed E-state index contributed by atoms with van der Waals surface area (Å²) in [5, 5.41) is 0. The second-order valence-electron chi connectivity index (χ2n) is 6.23. The molecule has 0 aliphatic carbocycles. The van der Waals surface area contributed by atoms with Crippen molar-refractivity contribution in [1.82, 2.24) is 0 Å². The molecule has 2 unspecified atom stereocenters. The van der Waals surface area contributed by atoms with Gasteiger partial charge in [0, 0.05) is 18.9 Å². The molecule has 2 N–H and O–H groups in total. The van der Waals surface area contributed by atoms with Crippen LogP contribution in [0.5, 0.6) is 5.75 Å². The number of ether oxygens (including phenoxy) is 2. The Hall–Kier alpha value is -0.710. The standard InChI is InChI=1S/C17H25NO2S/c1-13(18)14-2-4-15(5-3-14)20-16-6-9-19-17(12-16)7-10-21-11-8-17/h2-5,13,16H,6-12,18H2,1H3. The Labute approximate surface area is 131 Å². The van der Waals surface area contributed by atoms with Gasteiger partial charge in [-0.15, -0.1) is 0 Å². The predicted octanol–water partition coefficient (Wildman–Crippen LogP) is 3.53. The quantitative estimate of drug-likeness (QED) is 0.928. The summed E-state index contributed by atoms with van der Waals surface area (Å²) in [4.78, 5) is 0. The summed E-state index contributed by atoms with van der Waals surface area (Å²) in [6.07, 6.45) is 4.64. The highest BCUT2D eigenvalue weighted by Crippen LogP contribution is 2.38. The van der Waals surface area contributed by atoms with Crippen LogP contribution in [-0.2, 0) is 4.74 Å². The Morgan fingerprint density at radius 3 is 2.67 bits per heavy atom. The first-order chi connectivity index (χ1) is 10.2. The lowest BCUT2D eigenvalue weighted by molar-refractivity contribution is -0.116. The molecule has 0 saturated carbocycles. The van der Waals surface area contributed by atoms with Gasteiger partial charge in [0.05, 0.1) is 12.2 Å². The maximum Gasteiger partial charge on any atom is 0.119 e. The Kier molecular flexibility index (Phi) is 4.77. The van der Waals surface area contributed by atoms with Gasteiger partial charge in [-0.1, -0.05) is 12.1 Å². The van der Waals surface area contributed by atoms with Crippen molar-refractivity contribution >= 4 is 11.8 Å². The van der Waals surface area contributed by atoms with E-state index in [2.05, 4.69) is 12.1 Å². The van der Waals surface area contributed by atoms with Crippen LogP contribution in [0.15, 0.2) is 24.3 Å². The fourth-order valence-corrected chi connectivity index (χ4v) is 4.45. The Morgan fingerprint density at radius 2 is 2.00 bits per heavy atom. The van der Waals surface area contributed by atoms with Crippen LogP contribution in [0.4, 0.5) is 0 Å². The maximum atomic E-state index is 6.19. The normalized spacial score (nSPS) is 26.5. The van der Waals surface area contributed by atoms with Crippen molar-refractivity contribution in [1.29, 1.82) is 0 Å². The minimum absolute atomic E-state index is 0.0742. The van der Waals surface area contributed by atoms with Gasteiger partial charge in [0.2, 0.25) is 0 Å². The fourth-order valence-electron chi connectivity index (χ4n) is 3.22. The largest absolute Gasteiger partial charge is 0.490 e. The number of hydrogen-bond acceptors (Lipinski definition) is 4. The van der Waals surface area contributed by atoms with Crippen LogP contribution in [0.25, 0.3) is 0 Å². The molecule has 21 heavy (non-hydrogen) atoms. The molecule has 2 fully saturated rings. The molecule has 0 aromatic heterocycles. The minimum Gasteiger partial charge on any atom is -0.490 e. The zero-order chi connectivity index (χ0) is 14.7. The molecule has 116 valence electrons. The molecule has 2 aliphatic rings. The van der Waals surface area contributed by atoms with E-state index in [1.165, 1.54) is 24.3 Å². The lowest BCUT2D eigenvalue weighted by Gasteiger charge is -2.43. The summed E-state index contributed by atoms with van der Waals surface area (Å²) in [6.45, 7) is 2.83. The third-order valence-corrected chi connectivity index (χ3v) is 5.55. The van der Waals surface area contributed by atoms with E-state index < -0.39 is 0 Å². The molecule has 1 aromatic carbocycles. The monoisotopic (exact) mass is 307 g/mol. The number of hydrogen-bond donors (Lipinski definition) is 1. The van der Waals surface area contributed by atoms with Gasteiger partial charge in [0.25, 0.3) is 0 Å². The zero-order valence-electron chi connectivity index (χ0n) is 12.7. The second-order valence-corrected chi connectivity index (χ2v) is 7.46. The third-order valence-electron chi connectivity index (χ3n) is 4.56. The summed E-state index contributed by atoms with van der Waals surface area (Å²) in [7, 11) is 0. The molecule has 0 amide bonds. The molecule has 2 heterocycles. The lowest BCUT2D eigenvalue weighted by Crippen LogP contribution is -2.46. The Morgan fingerprint density at radius 1 is 1.29 bits per heavy atom. The molecule has 1 spiro atoms. The van der Waals surface area contributed by atoms with Crippen molar-refractivity contribution in [2.75, 3.05) is 18.1 Å². The van der Waals surface area contributed by atoms with E-state index in [0.29, 0.717) is 0 Å². The molecule has 0 radical (unpaired) electrons. The predicted molar refractivity (Wildman–Crippen MR) is 87.9 cm³/mol. The molecule has 0 bridgehead atoms. The molecule has 1 aromatic rings. The molecular formula is C17H25NO2S. The summed E-state index contributed by atoms with van der Waals surface area (Å²) < 4.78 is 12.3. The average Bonchev–Trinajstić information content (AvgIpc) is 2.49. The van der Waals surface area contributed by atoms with Crippen molar-refractivity contribution in [3.63, 3.8) is 0 Å². The highest BCUT2D eigenvalue weighted by molar-refractivity contribution is 7.99. The van der Waals surface area contributed by atoms with Crippen molar-refractivity contribution in [2.45, 2.75) is 50.4 Å². The Bertz CT molecular complexity index is 449. The summed E-state index contributed by atoms with van der Waals surface area (Å²) in [5.74, 6) is 3.39. The third kappa shape index (κ3) is 3.74. The van der Waals surface area contributed by atoms with Crippen molar-refractivity contribution in [3.05, 3.63) is 29.8 Å². The maximum absolute atomic E-state index is 6.19. The first kappa shape index (κ1) is 15.2. The van der Waals surface area contributed by atoms with Gasteiger partial charge in [-0.2, -0.15) is 11.8 Å². The SMILES string of the molecule is CC(N)c1ccc(OC2CCOC3(CCSCC3)C2)cc1. The first-order valence-corrected chi connectivity index (χ1v) is 9.06.